The average molecular weight is 579 g/mol. The Morgan fingerprint density at radius 2 is 1.65 bits per heavy atom. The highest BCUT2D eigenvalue weighted by molar-refractivity contribution is 7.91. The summed E-state index contributed by atoms with van der Waals surface area (Å²) in [6.07, 6.45) is 0. The van der Waals surface area contributed by atoms with E-state index in [9.17, 15) is 13.2 Å². The molecule has 3 heterocycles. The minimum Gasteiger partial charge on any atom is -0.368 e. The van der Waals surface area contributed by atoms with Gasteiger partial charge in [-0.3, -0.25) is 4.79 Å². The lowest BCUT2D eigenvalue weighted by molar-refractivity contribution is -0.135. The third-order valence-electron chi connectivity index (χ3n) is 7.56. The van der Waals surface area contributed by atoms with E-state index in [0.29, 0.717) is 13.1 Å². The molecule has 0 radical (unpaired) electrons. The van der Waals surface area contributed by atoms with Gasteiger partial charge in [-0.1, -0.05) is 65.7 Å². The van der Waals surface area contributed by atoms with Gasteiger partial charge in [-0.15, -0.1) is 11.3 Å². The molecule has 2 fully saturated rings. The summed E-state index contributed by atoms with van der Waals surface area (Å²) in [5.41, 5.74) is 4.69. The molecule has 3 aromatic rings. The number of piperazine rings is 1. The van der Waals surface area contributed by atoms with E-state index in [-0.39, 0.29) is 38.5 Å². The standard InChI is InChI=1S/C27H29Cl2N3O3S2/c1-18-7-6-10-24(19(18)2)30-11-13-31(14-12-30)27(33)22-17-32(16-21(22)20-8-4-3-5-9-20)37(34,35)25-15-23(28)26(29)36-25/h3-10,15,21-22H,11-14,16-17H2,1-2H3/t21-,22+/m0/s1. The molecule has 2 aliphatic rings. The molecule has 6 nitrogen and oxygen atoms in total. The zero-order chi connectivity index (χ0) is 26.3. The highest BCUT2D eigenvalue weighted by atomic mass is 35.5. The number of hydrogen-bond acceptors (Lipinski definition) is 5. The first-order valence-corrected chi connectivity index (χ1v) is 15.3. The summed E-state index contributed by atoms with van der Waals surface area (Å²) in [5, 5.41) is 0.221. The van der Waals surface area contributed by atoms with Gasteiger partial charge in [0.25, 0.3) is 10.0 Å². The number of benzene rings is 2. The summed E-state index contributed by atoms with van der Waals surface area (Å²) in [6.45, 7) is 7.30. The van der Waals surface area contributed by atoms with Crippen LogP contribution in [-0.2, 0) is 14.8 Å². The number of carbonyl (C=O) groups is 1. The van der Waals surface area contributed by atoms with Crippen LogP contribution >= 0.6 is 34.5 Å². The maximum Gasteiger partial charge on any atom is 0.252 e. The molecule has 2 saturated heterocycles. The first-order valence-electron chi connectivity index (χ1n) is 12.3. The van der Waals surface area contributed by atoms with E-state index in [1.165, 1.54) is 27.2 Å². The number of carbonyl (C=O) groups excluding carboxylic acids is 1. The zero-order valence-corrected chi connectivity index (χ0v) is 23.9. The summed E-state index contributed by atoms with van der Waals surface area (Å²) in [7, 11) is -3.83. The molecule has 2 atom stereocenters. The molecule has 0 unspecified atom stereocenters. The van der Waals surface area contributed by atoms with E-state index in [1.807, 2.05) is 35.2 Å². The molecule has 2 aliphatic heterocycles. The van der Waals surface area contributed by atoms with E-state index < -0.39 is 15.9 Å². The Kier molecular flexibility index (Phi) is 7.58. The van der Waals surface area contributed by atoms with Gasteiger partial charge in [0.1, 0.15) is 8.55 Å². The minimum absolute atomic E-state index is 0.00871. The maximum absolute atomic E-state index is 13.9. The molecule has 10 heteroatoms. The van der Waals surface area contributed by atoms with Gasteiger partial charge in [0, 0.05) is 50.9 Å². The summed E-state index contributed by atoms with van der Waals surface area (Å²) >= 11 is 13.1. The second-order valence-electron chi connectivity index (χ2n) is 9.66. The molecule has 37 heavy (non-hydrogen) atoms. The lowest BCUT2D eigenvalue weighted by Crippen LogP contribution is -2.51. The van der Waals surface area contributed by atoms with E-state index in [1.54, 1.807) is 0 Å². The minimum atomic E-state index is -3.83. The lowest BCUT2D eigenvalue weighted by Gasteiger charge is -2.38. The van der Waals surface area contributed by atoms with E-state index in [4.69, 9.17) is 23.2 Å². The molecule has 196 valence electrons. The normalized spacial score (nSPS) is 21.0. The summed E-state index contributed by atoms with van der Waals surface area (Å²) in [5.74, 6) is -0.684. The Hall–Kier alpha value is -2.10. The monoisotopic (exact) mass is 577 g/mol. The largest absolute Gasteiger partial charge is 0.368 e. The molecular formula is C27H29Cl2N3O3S2. The number of halogens is 2. The fraction of sp³-hybridized carbons (Fsp3) is 0.370. The zero-order valence-electron chi connectivity index (χ0n) is 20.7. The number of nitrogens with zero attached hydrogens (tertiary/aromatic N) is 3. The van der Waals surface area contributed by atoms with Crippen LogP contribution in [0.25, 0.3) is 0 Å². The third kappa shape index (κ3) is 5.14. The number of hydrogen-bond donors (Lipinski definition) is 0. The van der Waals surface area contributed by atoms with Crippen LogP contribution in [0.5, 0.6) is 0 Å². The first-order chi connectivity index (χ1) is 17.7. The van der Waals surface area contributed by atoms with Crippen LogP contribution in [0, 0.1) is 19.8 Å². The molecule has 0 bridgehead atoms. The van der Waals surface area contributed by atoms with Gasteiger partial charge >= 0.3 is 0 Å². The van der Waals surface area contributed by atoms with Crippen molar-refractivity contribution in [3.63, 3.8) is 0 Å². The van der Waals surface area contributed by atoms with Crippen molar-refractivity contribution in [2.24, 2.45) is 5.92 Å². The Bertz CT molecular complexity index is 1380. The second-order valence-corrected chi connectivity index (χ2v) is 13.9. The van der Waals surface area contributed by atoms with E-state index >= 15 is 0 Å². The molecule has 0 spiro atoms. The molecule has 0 N–H and O–H groups in total. The van der Waals surface area contributed by atoms with Crippen LogP contribution in [-0.4, -0.2) is 62.8 Å². The van der Waals surface area contributed by atoms with Crippen LogP contribution in [0.4, 0.5) is 5.69 Å². The van der Waals surface area contributed by atoms with Gasteiger partial charge in [0.2, 0.25) is 5.91 Å². The Morgan fingerprint density at radius 3 is 2.30 bits per heavy atom. The summed E-state index contributed by atoms with van der Waals surface area (Å²) in [4.78, 5) is 18.1. The smallest absolute Gasteiger partial charge is 0.252 e. The van der Waals surface area contributed by atoms with Crippen molar-refractivity contribution in [2.45, 2.75) is 24.0 Å². The number of amides is 1. The molecule has 0 aliphatic carbocycles. The number of anilines is 1. The van der Waals surface area contributed by atoms with Gasteiger partial charge in [0.05, 0.1) is 10.9 Å². The van der Waals surface area contributed by atoms with Gasteiger partial charge < -0.3 is 9.80 Å². The van der Waals surface area contributed by atoms with Crippen molar-refractivity contribution in [3.8, 4) is 0 Å². The van der Waals surface area contributed by atoms with Crippen LogP contribution in [0.3, 0.4) is 0 Å². The van der Waals surface area contributed by atoms with Crippen molar-refractivity contribution in [1.82, 2.24) is 9.21 Å². The van der Waals surface area contributed by atoms with Gasteiger partial charge in [0.15, 0.2) is 0 Å². The van der Waals surface area contributed by atoms with Crippen molar-refractivity contribution < 1.29 is 13.2 Å². The van der Waals surface area contributed by atoms with Gasteiger partial charge in [-0.05, 0) is 42.7 Å². The summed E-state index contributed by atoms with van der Waals surface area (Å²) < 4.78 is 28.7. The highest BCUT2D eigenvalue weighted by Crippen LogP contribution is 2.41. The fourth-order valence-corrected chi connectivity index (χ4v) is 8.84. The first kappa shape index (κ1) is 26.5. The Balaban J connectivity index is 1.36. The molecule has 5 rings (SSSR count). The van der Waals surface area contributed by atoms with Crippen LogP contribution in [0.2, 0.25) is 9.36 Å². The SMILES string of the molecule is Cc1cccc(N2CCN(C(=O)[C@@H]3CN(S(=O)(=O)c4cc(Cl)c(Cl)s4)C[C@H]3c3ccccc3)CC2)c1C. The van der Waals surface area contributed by atoms with Crippen molar-refractivity contribution in [1.29, 1.82) is 0 Å². The number of rotatable bonds is 5. The van der Waals surface area contributed by atoms with Crippen LogP contribution in [0.15, 0.2) is 58.8 Å². The fourth-order valence-electron chi connectivity index (χ4n) is 5.31. The van der Waals surface area contributed by atoms with Crippen LogP contribution in [0.1, 0.15) is 22.6 Å². The van der Waals surface area contributed by atoms with Crippen molar-refractivity contribution in [2.75, 3.05) is 44.2 Å². The lowest BCUT2D eigenvalue weighted by atomic mass is 9.88. The molecular weight excluding hydrogens is 549 g/mol. The predicted octanol–water partition coefficient (Wildman–Crippen LogP) is 5.42. The topological polar surface area (TPSA) is 60.9 Å². The highest BCUT2D eigenvalue weighted by Gasteiger charge is 2.45. The molecule has 1 amide bonds. The van der Waals surface area contributed by atoms with E-state index in [2.05, 4.69) is 36.9 Å². The average Bonchev–Trinajstić information content (AvgIpc) is 3.50. The maximum atomic E-state index is 13.9. The van der Waals surface area contributed by atoms with Gasteiger partial charge in [-0.25, -0.2) is 8.42 Å². The number of sulfonamides is 1. The molecule has 0 saturated carbocycles. The van der Waals surface area contributed by atoms with Crippen molar-refractivity contribution in [3.05, 3.63) is 80.6 Å². The Morgan fingerprint density at radius 1 is 0.946 bits per heavy atom. The van der Waals surface area contributed by atoms with E-state index in [0.717, 1.165) is 30.0 Å². The number of thiophene rings is 1. The third-order valence-corrected chi connectivity index (χ3v) is 11.7. The molecule has 1 aromatic heterocycles. The Labute approximate surface area is 232 Å². The molecule has 2 aromatic carbocycles. The summed E-state index contributed by atoms with van der Waals surface area (Å²) in [6, 6.07) is 17.4. The van der Waals surface area contributed by atoms with Crippen molar-refractivity contribution >= 4 is 56.2 Å². The predicted molar refractivity (Wildman–Crippen MR) is 150 cm³/mol. The van der Waals surface area contributed by atoms with Gasteiger partial charge in [-0.2, -0.15) is 4.31 Å². The quantitative estimate of drug-likeness (QED) is 0.406. The van der Waals surface area contributed by atoms with Crippen LogP contribution < -0.4 is 4.90 Å². The second kappa shape index (κ2) is 10.6. The number of aryl methyl sites for hydroxylation is 1.